The molecule has 0 aliphatic carbocycles. The third kappa shape index (κ3) is 2.45. The molecule has 1 fully saturated rings. The molecule has 1 atom stereocenters. The summed E-state index contributed by atoms with van der Waals surface area (Å²) in [6, 6.07) is 6.22. The predicted octanol–water partition coefficient (Wildman–Crippen LogP) is 3.27. The van der Waals surface area contributed by atoms with E-state index in [0.717, 1.165) is 26.1 Å². The summed E-state index contributed by atoms with van der Waals surface area (Å²) in [5, 5.41) is 11.6. The molecule has 1 aliphatic heterocycles. The molecule has 2 aromatic rings. The molecule has 0 bridgehead atoms. The number of hydrogen-bond acceptors (Lipinski definition) is 3. The Morgan fingerprint density at radius 3 is 2.95 bits per heavy atom. The second kappa shape index (κ2) is 5.19. The van der Waals surface area contributed by atoms with Crippen LogP contribution in [0.3, 0.4) is 0 Å². The molecule has 108 valence electrons. The molecule has 4 heteroatoms. The minimum absolute atomic E-state index is 0.283. The summed E-state index contributed by atoms with van der Waals surface area (Å²) in [4.78, 5) is 2.33. The summed E-state index contributed by atoms with van der Waals surface area (Å²) < 4.78 is 19.0. The number of nitrogens with zero attached hydrogens (tertiary/aromatic N) is 1. The van der Waals surface area contributed by atoms with Crippen LogP contribution in [-0.2, 0) is 5.60 Å². The highest BCUT2D eigenvalue weighted by Gasteiger charge is 2.34. The third-order valence-electron chi connectivity index (χ3n) is 4.29. The molecule has 1 saturated heterocycles. The number of hydrogen-bond donors (Lipinski definition) is 1. The van der Waals surface area contributed by atoms with Crippen LogP contribution in [0.15, 0.2) is 28.7 Å². The Kier molecular flexibility index (Phi) is 3.52. The average molecular weight is 277 g/mol. The van der Waals surface area contributed by atoms with Crippen LogP contribution in [0.1, 0.15) is 31.9 Å². The van der Waals surface area contributed by atoms with E-state index in [4.69, 9.17) is 4.42 Å². The molecule has 1 aromatic heterocycles. The first-order chi connectivity index (χ1) is 9.60. The second-order valence-electron chi connectivity index (χ2n) is 5.61. The highest BCUT2D eigenvalue weighted by Crippen LogP contribution is 2.36. The van der Waals surface area contributed by atoms with Crippen LogP contribution in [0, 0.1) is 5.82 Å². The van der Waals surface area contributed by atoms with E-state index >= 15 is 0 Å². The number of aliphatic hydroxyl groups is 1. The van der Waals surface area contributed by atoms with E-state index in [9.17, 15) is 9.50 Å². The summed E-state index contributed by atoms with van der Waals surface area (Å²) in [5.41, 5.74) is -0.300. The van der Waals surface area contributed by atoms with Crippen LogP contribution in [-0.4, -0.2) is 29.6 Å². The molecule has 1 N–H and O–H groups in total. The number of halogens is 1. The van der Waals surface area contributed by atoms with Gasteiger partial charge in [-0.1, -0.05) is 6.92 Å². The highest BCUT2D eigenvalue weighted by atomic mass is 19.1. The second-order valence-corrected chi connectivity index (χ2v) is 5.61. The lowest BCUT2D eigenvalue weighted by Gasteiger charge is -2.24. The summed E-state index contributed by atoms with van der Waals surface area (Å²) in [6.45, 7) is 5.00. The number of fused-ring (bicyclic) bond motifs is 1. The van der Waals surface area contributed by atoms with Gasteiger partial charge in [0, 0.05) is 11.9 Å². The monoisotopic (exact) mass is 277 g/mol. The quantitative estimate of drug-likeness (QED) is 0.915. The first-order valence-corrected chi connectivity index (χ1v) is 7.25. The normalized spacial score (nSPS) is 24.9. The van der Waals surface area contributed by atoms with Crippen molar-refractivity contribution in [3.05, 3.63) is 35.8 Å². The fraction of sp³-hybridized carbons (Fsp3) is 0.500. The Morgan fingerprint density at radius 1 is 1.30 bits per heavy atom. The number of benzene rings is 1. The van der Waals surface area contributed by atoms with Crippen molar-refractivity contribution in [3.8, 4) is 0 Å². The molecular formula is C16H20FNO2. The van der Waals surface area contributed by atoms with Crippen molar-refractivity contribution in [2.75, 3.05) is 19.6 Å². The first-order valence-electron chi connectivity index (χ1n) is 7.25. The van der Waals surface area contributed by atoms with Crippen LogP contribution in [0.4, 0.5) is 4.39 Å². The van der Waals surface area contributed by atoms with Crippen molar-refractivity contribution in [1.29, 1.82) is 0 Å². The molecule has 1 aromatic carbocycles. The zero-order valence-electron chi connectivity index (χ0n) is 11.7. The van der Waals surface area contributed by atoms with Gasteiger partial charge in [-0.15, -0.1) is 0 Å². The Morgan fingerprint density at radius 2 is 2.15 bits per heavy atom. The van der Waals surface area contributed by atoms with E-state index in [0.29, 0.717) is 29.6 Å². The van der Waals surface area contributed by atoms with E-state index in [1.165, 1.54) is 12.1 Å². The van der Waals surface area contributed by atoms with Gasteiger partial charge in [0.15, 0.2) is 0 Å². The van der Waals surface area contributed by atoms with Crippen LogP contribution in [0.25, 0.3) is 11.0 Å². The van der Waals surface area contributed by atoms with Gasteiger partial charge in [-0.05, 0) is 56.6 Å². The molecule has 0 radical (unpaired) electrons. The number of rotatable bonds is 2. The molecule has 2 heterocycles. The summed E-state index contributed by atoms with van der Waals surface area (Å²) in [5.74, 6) is 0.283. The Bertz CT molecular complexity index is 610. The molecule has 3 rings (SSSR count). The summed E-state index contributed by atoms with van der Waals surface area (Å²) in [6.07, 6.45) is 2.28. The van der Waals surface area contributed by atoms with Crippen molar-refractivity contribution < 1.29 is 13.9 Å². The molecule has 0 saturated carbocycles. The smallest absolute Gasteiger partial charge is 0.136 e. The maximum Gasteiger partial charge on any atom is 0.136 e. The maximum atomic E-state index is 13.2. The molecule has 1 aliphatic rings. The topological polar surface area (TPSA) is 36.6 Å². The lowest BCUT2D eigenvalue weighted by molar-refractivity contribution is 0.00191. The highest BCUT2D eigenvalue weighted by molar-refractivity contribution is 5.78. The van der Waals surface area contributed by atoms with Gasteiger partial charge >= 0.3 is 0 Å². The molecule has 1 unspecified atom stereocenters. The number of likely N-dealkylation sites (tertiary alicyclic amines) is 1. The molecular weight excluding hydrogens is 257 g/mol. The zero-order chi connectivity index (χ0) is 14.2. The number of furan rings is 1. The first kappa shape index (κ1) is 13.6. The fourth-order valence-electron chi connectivity index (χ4n) is 2.98. The van der Waals surface area contributed by atoms with Crippen molar-refractivity contribution in [2.45, 2.75) is 31.8 Å². The standard InChI is InChI=1S/C16H20FNO2/c1-2-18-8-3-6-16(19,7-9-18)15-11-12-10-13(17)4-5-14(12)20-15/h4-5,10-11,19H,2-3,6-9H2,1H3. The Balaban J connectivity index is 1.92. The Hall–Kier alpha value is -1.39. The van der Waals surface area contributed by atoms with E-state index in [1.807, 2.05) is 0 Å². The van der Waals surface area contributed by atoms with E-state index in [-0.39, 0.29) is 5.82 Å². The van der Waals surface area contributed by atoms with Crippen molar-refractivity contribution in [1.82, 2.24) is 4.90 Å². The van der Waals surface area contributed by atoms with E-state index in [2.05, 4.69) is 11.8 Å². The van der Waals surface area contributed by atoms with Crippen LogP contribution in [0.5, 0.6) is 0 Å². The van der Waals surface area contributed by atoms with Crippen molar-refractivity contribution in [2.24, 2.45) is 0 Å². The lowest BCUT2D eigenvalue weighted by atomic mass is 9.92. The van der Waals surface area contributed by atoms with Crippen LogP contribution < -0.4 is 0 Å². The average Bonchev–Trinajstić information content (AvgIpc) is 2.76. The van der Waals surface area contributed by atoms with Gasteiger partial charge in [-0.3, -0.25) is 0 Å². The predicted molar refractivity (Wildman–Crippen MR) is 76.0 cm³/mol. The van der Waals surface area contributed by atoms with Crippen molar-refractivity contribution >= 4 is 11.0 Å². The Labute approximate surface area is 118 Å². The minimum atomic E-state index is -0.931. The minimum Gasteiger partial charge on any atom is -0.458 e. The van der Waals surface area contributed by atoms with E-state index in [1.54, 1.807) is 12.1 Å². The summed E-state index contributed by atoms with van der Waals surface area (Å²) >= 11 is 0. The molecule has 0 spiro atoms. The molecule has 0 amide bonds. The van der Waals surface area contributed by atoms with Gasteiger partial charge in [0.1, 0.15) is 22.8 Å². The SMILES string of the molecule is CCN1CCCC(O)(c2cc3cc(F)ccc3o2)CC1. The van der Waals surface area contributed by atoms with Gasteiger partial charge in [-0.25, -0.2) is 4.39 Å². The zero-order valence-corrected chi connectivity index (χ0v) is 11.7. The lowest BCUT2D eigenvalue weighted by Crippen LogP contribution is -2.28. The van der Waals surface area contributed by atoms with Crippen molar-refractivity contribution in [3.63, 3.8) is 0 Å². The summed E-state index contributed by atoms with van der Waals surface area (Å²) in [7, 11) is 0. The maximum absolute atomic E-state index is 13.2. The van der Waals surface area contributed by atoms with Gasteiger partial charge < -0.3 is 14.4 Å². The molecule has 20 heavy (non-hydrogen) atoms. The van der Waals surface area contributed by atoms with Gasteiger partial charge in [0.25, 0.3) is 0 Å². The largest absolute Gasteiger partial charge is 0.458 e. The van der Waals surface area contributed by atoms with E-state index < -0.39 is 5.60 Å². The van der Waals surface area contributed by atoms with Crippen LogP contribution >= 0.6 is 0 Å². The van der Waals surface area contributed by atoms with Gasteiger partial charge in [0.2, 0.25) is 0 Å². The van der Waals surface area contributed by atoms with Gasteiger partial charge in [-0.2, -0.15) is 0 Å². The molecule has 3 nitrogen and oxygen atoms in total. The van der Waals surface area contributed by atoms with Crippen LogP contribution in [0.2, 0.25) is 0 Å². The third-order valence-corrected chi connectivity index (χ3v) is 4.29. The fourth-order valence-corrected chi connectivity index (χ4v) is 2.98. The van der Waals surface area contributed by atoms with Gasteiger partial charge in [0.05, 0.1) is 0 Å².